The van der Waals surface area contributed by atoms with E-state index in [1.165, 1.54) is 16.7 Å². The van der Waals surface area contributed by atoms with Crippen LogP contribution in [0, 0.1) is 19.8 Å². The Labute approximate surface area is 110 Å². The van der Waals surface area contributed by atoms with E-state index in [1.807, 2.05) is 0 Å². The molecule has 0 amide bonds. The Kier molecular flexibility index (Phi) is 5.32. The summed E-state index contributed by atoms with van der Waals surface area (Å²) < 4.78 is 5.46. The molecule has 0 heterocycles. The van der Waals surface area contributed by atoms with Gasteiger partial charge in [0, 0.05) is 5.38 Å². The second-order valence-corrected chi connectivity index (χ2v) is 5.62. The van der Waals surface area contributed by atoms with Crippen LogP contribution < -0.4 is 4.74 Å². The van der Waals surface area contributed by atoms with Crippen molar-refractivity contribution >= 4 is 11.6 Å². The SMILES string of the molecule is COc1cc(C)cc(C)c1CCC(Cl)C(C)C. The average molecular weight is 255 g/mol. The first-order chi connectivity index (χ1) is 7.95. The zero-order chi connectivity index (χ0) is 13.0. The predicted molar refractivity (Wildman–Crippen MR) is 75.3 cm³/mol. The van der Waals surface area contributed by atoms with E-state index >= 15 is 0 Å². The van der Waals surface area contributed by atoms with E-state index in [2.05, 4.69) is 39.8 Å². The van der Waals surface area contributed by atoms with Crippen LogP contribution in [0.2, 0.25) is 0 Å². The highest BCUT2D eigenvalue weighted by Gasteiger charge is 2.13. The van der Waals surface area contributed by atoms with E-state index in [4.69, 9.17) is 16.3 Å². The summed E-state index contributed by atoms with van der Waals surface area (Å²) in [6.07, 6.45) is 1.99. The van der Waals surface area contributed by atoms with Gasteiger partial charge >= 0.3 is 0 Å². The van der Waals surface area contributed by atoms with Gasteiger partial charge in [-0.05, 0) is 55.4 Å². The fourth-order valence-electron chi connectivity index (χ4n) is 2.08. The van der Waals surface area contributed by atoms with Crippen molar-refractivity contribution in [3.8, 4) is 5.75 Å². The Morgan fingerprint density at radius 2 is 1.88 bits per heavy atom. The standard InChI is InChI=1S/C15H23ClO/c1-10(2)14(16)7-6-13-12(4)8-11(3)9-15(13)17-5/h8-10,14H,6-7H2,1-5H3. The van der Waals surface area contributed by atoms with Crippen LogP contribution in [0.3, 0.4) is 0 Å². The van der Waals surface area contributed by atoms with Gasteiger partial charge in [0.05, 0.1) is 7.11 Å². The van der Waals surface area contributed by atoms with E-state index in [0.29, 0.717) is 5.92 Å². The molecule has 1 rings (SSSR count). The normalized spacial score (nSPS) is 12.9. The van der Waals surface area contributed by atoms with Gasteiger partial charge in [-0.3, -0.25) is 0 Å². The number of ether oxygens (including phenoxy) is 1. The molecule has 0 radical (unpaired) electrons. The van der Waals surface area contributed by atoms with Gasteiger partial charge in [-0.25, -0.2) is 0 Å². The maximum absolute atomic E-state index is 6.30. The summed E-state index contributed by atoms with van der Waals surface area (Å²) in [5.41, 5.74) is 3.84. The molecule has 2 heteroatoms. The topological polar surface area (TPSA) is 9.23 Å². The molecule has 0 fully saturated rings. The first kappa shape index (κ1) is 14.4. The van der Waals surface area contributed by atoms with Crippen molar-refractivity contribution in [2.24, 2.45) is 5.92 Å². The van der Waals surface area contributed by atoms with Crippen LogP contribution in [0.4, 0.5) is 0 Å². The van der Waals surface area contributed by atoms with Gasteiger partial charge in [0.2, 0.25) is 0 Å². The Morgan fingerprint density at radius 1 is 1.24 bits per heavy atom. The molecule has 0 saturated heterocycles. The highest BCUT2D eigenvalue weighted by molar-refractivity contribution is 6.20. The molecule has 0 bridgehead atoms. The van der Waals surface area contributed by atoms with Crippen LogP contribution in [0.25, 0.3) is 0 Å². The number of alkyl halides is 1. The quantitative estimate of drug-likeness (QED) is 0.703. The molecule has 17 heavy (non-hydrogen) atoms. The minimum Gasteiger partial charge on any atom is -0.496 e. The molecule has 0 aliphatic carbocycles. The fourth-order valence-corrected chi connectivity index (χ4v) is 2.19. The maximum atomic E-state index is 6.30. The lowest BCUT2D eigenvalue weighted by Gasteiger charge is -2.16. The highest BCUT2D eigenvalue weighted by atomic mass is 35.5. The van der Waals surface area contributed by atoms with E-state index in [9.17, 15) is 0 Å². The number of hydrogen-bond acceptors (Lipinski definition) is 1. The number of halogens is 1. The van der Waals surface area contributed by atoms with Crippen molar-refractivity contribution in [3.63, 3.8) is 0 Å². The van der Waals surface area contributed by atoms with Gasteiger partial charge in [-0.2, -0.15) is 0 Å². The number of methoxy groups -OCH3 is 1. The fraction of sp³-hybridized carbons (Fsp3) is 0.600. The van der Waals surface area contributed by atoms with Crippen molar-refractivity contribution < 1.29 is 4.74 Å². The van der Waals surface area contributed by atoms with Crippen LogP contribution in [0.15, 0.2) is 12.1 Å². The molecular weight excluding hydrogens is 232 g/mol. The minimum absolute atomic E-state index is 0.236. The Morgan fingerprint density at radius 3 is 2.41 bits per heavy atom. The number of hydrogen-bond donors (Lipinski definition) is 0. The lowest BCUT2D eigenvalue weighted by molar-refractivity contribution is 0.407. The molecule has 1 atom stereocenters. The summed E-state index contributed by atoms with van der Waals surface area (Å²) >= 11 is 6.30. The maximum Gasteiger partial charge on any atom is 0.122 e. The Hall–Kier alpha value is -0.690. The van der Waals surface area contributed by atoms with Crippen molar-refractivity contribution in [1.82, 2.24) is 0 Å². The van der Waals surface area contributed by atoms with Gasteiger partial charge in [-0.1, -0.05) is 19.9 Å². The van der Waals surface area contributed by atoms with Gasteiger partial charge in [0.25, 0.3) is 0 Å². The average Bonchev–Trinajstić information content (AvgIpc) is 2.26. The molecule has 0 aliphatic rings. The summed E-state index contributed by atoms with van der Waals surface area (Å²) in [5, 5.41) is 0.236. The third-order valence-electron chi connectivity index (χ3n) is 3.19. The summed E-state index contributed by atoms with van der Waals surface area (Å²) in [5.74, 6) is 1.52. The molecule has 96 valence electrons. The molecule has 0 spiro atoms. The van der Waals surface area contributed by atoms with Gasteiger partial charge in [0.15, 0.2) is 0 Å². The van der Waals surface area contributed by atoms with Crippen molar-refractivity contribution in [3.05, 3.63) is 28.8 Å². The monoisotopic (exact) mass is 254 g/mol. The molecular formula is C15H23ClO. The molecule has 0 N–H and O–H groups in total. The van der Waals surface area contributed by atoms with Crippen molar-refractivity contribution in [2.75, 3.05) is 7.11 Å². The third kappa shape index (κ3) is 3.92. The second kappa shape index (κ2) is 6.30. The highest BCUT2D eigenvalue weighted by Crippen LogP contribution is 2.27. The molecule has 1 aromatic carbocycles. The van der Waals surface area contributed by atoms with Crippen molar-refractivity contribution in [2.45, 2.75) is 45.9 Å². The van der Waals surface area contributed by atoms with Crippen molar-refractivity contribution in [1.29, 1.82) is 0 Å². The summed E-state index contributed by atoms with van der Waals surface area (Å²) in [6, 6.07) is 4.30. The van der Waals surface area contributed by atoms with Crippen LogP contribution in [-0.4, -0.2) is 12.5 Å². The third-order valence-corrected chi connectivity index (χ3v) is 3.91. The van der Waals surface area contributed by atoms with E-state index in [0.717, 1.165) is 18.6 Å². The minimum atomic E-state index is 0.236. The molecule has 1 unspecified atom stereocenters. The van der Waals surface area contributed by atoms with E-state index in [1.54, 1.807) is 7.11 Å². The van der Waals surface area contributed by atoms with E-state index < -0.39 is 0 Å². The molecule has 0 aliphatic heterocycles. The first-order valence-electron chi connectivity index (χ1n) is 6.24. The Bertz CT molecular complexity index is 371. The number of aryl methyl sites for hydroxylation is 2. The lowest BCUT2D eigenvalue weighted by Crippen LogP contribution is -2.09. The first-order valence-corrected chi connectivity index (χ1v) is 6.67. The second-order valence-electron chi connectivity index (χ2n) is 5.06. The molecule has 1 aromatic rings. The van der Waals surface area contributed by atoms with Crippen LogP contribution >= 0.6 is 11.6 Å². The van der Waals surface area contributed by atoms with Crippen LogP contribution in [0.1, 0.15) is 37.0 Å². The summed E-state index contributed by atoms with van der Waals surface area (Å²) in [4.78, 5) is 0. The van der Waals surface area contributed by atoms with Gasteiger partial charge < -0.3 is 4.74 Å². The molecule has 0 saturated carbocycles. The molecule has 0 aromatic heterocycles. The molecule has 1 nitrogen and oxygen atoms in total. The van der Waals surface area contributed by atoms with Gasteiger partial charge in [-0.15, -0.1) is 11.6 Å². The lowest BCUT2D eigenvalue weighted by atomic mass is 9.97. The zero-order valence-corrected chi connectivity index (χ0v) is 12.3. The predicted octanol–water partition coefficient (Wildman–Crippen LogP) is 4.51. The van der Waals surface area contributed by atoms with E-state index in [-0.39, 0.29) is 5.38 Å². The van der Waals surface area contributed by atoms with Crippen LogP contribution in [0.5, 0.6) is 5.75 Å². The number of benzene rings is 1. The smallest absolute Gasteiger partial charge is 0.122 e. The summed E-state index contributed by atoms with van der Waals surface area (Å²) in [7, 11) is 1.73. The van der Waals surface area contributed by atoms with Gasteiger partial charge in [0.1, 0.15) is 5.75 Å². The van der Waals surface area contributed by atoms with Crippen LogP contribution in [-0.2, 0) is 6.42 Å². The number of rotatable bonds is 5. The zero-order valence-electron chi connectivity index (χ0n) is 11.5. The summed E-state index contributed by atoms with van der Waals surface area (Å²) in [6.45, 7) is 8.56. The largest absolute Gasteiger partial charge is 0.496 e. The Balaban J connectivity index is 2.83.